The van der Waals surface area contributed by atoms with Crippen molar-refractivity contribution in [2.45, 2.75) is 44.7 Å². The van der Waals surface area contributed by atoms with Gasteiger partial charge in [0.25, 0.3) is 0 Å². The monoisotopic (exact) mass is 263 g/mol. The predicted octanol–water partition coefficient (Wildman–Crippen LogP) is 2.76. The van der Waals surface area contributed by atoms with Gasteiger partial charge in [0.2, 0.25) is 0 Å². The molecule has 2 aliphatic rings. The van der Waals surface area contributed by atoms with Crippen LogP contribution in [0.3, 0.4) is 0 Å². The molecule has 104 valence electrons. The fourth-order valence-electron chi connectivity index (χ4n) is 3.44. The van der Waals surface area contributed by atoms with Crippen LogP contribution in [0.2, 0.25) is 0 Å². The Morgan fingerprint density at radius 1 is 1.26 bits per heavy atom. The molecule has 2 atom stereocenters. The summed E-state index contributed by atoms with van der Waals surface area (Å²) in [6.07, 6.45) is 5.05. The number of nitrogens with two attached hydrogens (primary N) is 1. The smallest absolute Gasteiger partial charge is 0.128 e. The molecule has 4 heteroatoms. The van der Waals surface area contributed by atoms with E-state index in [-0.39, 0.29) is 5.82 Å². The maximum atomic E-state index is 13.4. The molecule has 3 rings (SSSR count). The summed E-state index contributed by atoms with van der Waals surface area (Å²) >= 11 is 0. The average Bonchev–Trinajstić information content (AvgIpc) is 2.80. The Morgan fingerprint density at radius 3 is 2.95 bits per heavy atom. The summed E-state index contributed by atoms with van der Waals surface area (Å²) in [4.78, 5) is 2.58. The van der Waals surface area contributed by atoms with Gasteiger partial charge in [-0.3, -0.25) is 4.90 Å². The minimum Gasteiger partial charge on any atom is -0.397 e. The van der Waals surface area contributed by atoms with Gasteiger partial charge in [-0.25, -0.2) is 4.39 Å². The zero-order valence-electron chi connectivity index (χ0n) is 11.5. The van der Waals surface area contributed by atoms with Gasteiger partial charge in [-0.2, -0.15) is 0 Å². The van der Waals surface area contributed by atoms with E-state index in [9.17, 15) is 4.39 Å². The molecule has 2 fully saturated rings. The molecule has 3 nitrogen and oxygen atoms in total. The van der Waals surface area contributed by atoms with Crippen LogP contribution in [-0.2, 0) is 0 Å². The Kier molecular flexibility index (Phi) is 3.35. The van der Waals surface area contributed by atoms with Gasteiger partial charge in [-0.15, -0.1) is 0 Å². The van der Waals surface area contributed by atoms with E-state index in [4.69, 9.17) is 5.73 Å². The molecule has 2 heterocycles. The van der Waals surface area contributed by atoms with Crippen LogP contribution in [-0.4, -0.2) is 30.1 Å². The quantitative estimate of drug-likeness (QED) is 0.806. The lowest BCUT2D eigenvalue weighted by Crippen LogP contribution is -2.41. The van der Waals surface area contributed by atoms with E-state index in [1.54, 1.807) is 6.92 Å². The highest BCUT2D eigenvalue weighted by atomic mass is 19.1. The summed E-state index contributed by atoms with van der Waals surface area (Å²) in [5.41, 5.74) is 7.97. The first kappa shape index (κ1) is 12.7. The first-order valence-corrected chi connectivity index (χ1v) is 7.21. The molecule has 0 bridgehead atoms. The van der Waals surface area contributed by atoms with Crippen molar-refractivity contribution in [3.63, 3.8) is 0 Å². The summed E-state index contributed by atoms with van der Waals surface area (Å²) in [6, 6.07) is 4.33. The third-order valence-corrected chi connectivity index (χ3v) is 4.53. The molecule has 0 aromatic heterocycles. The van der Waals surface area contributed by atoms with Gasteiger partial charge in [-0.05, 0) is 50.4 Å². The van der Waals surface area contributed by atoms with E-state index in [0.29, 0.717) is 23.3 Å². The van der Waals surface area contributed by atoms with Crippen LogP contribution in [0.15, 0.2) is 12.1 Å². The molecule has 2 saturated heterocycles. The van der Waals surface area contributed by atoms with Gasteiger partial charge in [0.1, 0.15) is 5.82 Å². The van der Waals surface area contributed by atoms with Gasteiger partial charge in [0.15, 0.2) is 0 Å². The largest absolute Gasteiger partial charge is 0.397 e. The number of halogens is 1. The first-order chi connectivity index (χ1) is 9.15. The van der Waals surface area contributed by atoms with Crippen LogP contribution in [0.5, 0.6) is 0 Å². The predicted molar refractivity (Wildman–Crippen MR) is 76.8 cm³/mol. The van der Waals surface area contributed by atoms with E-state index < -0.39 is 0 Å². The third-order valence-electron chi connectivity index (χ3n) is 4.53. The zero-order valence-corrected chi connectivity index (χ0v) is 11.5. The zero-order chi connectivity index (χ0) is 13.4. The lowest BCUT2D eigenvalue weighted by molar-refractivity contribution is 0.193. The second-order valence-corrected chi connectivity index (χ2v) is 5.83. The lowest BCUT2D eigenvalue weighted by atomic mass is 9.98. The topological polar surface area (TPSA) is 41.3 Å². The van der Waals surface area contributed by atoms with Crippen molar-refractivity contribution in [3.8, 4) is 0 Å². The highest BCUT2D eigenvalue weighted by Gasteiger charge is 2.35. The summed E-state index contributed by atoms with van der Waals surface area (Å²) in [5, 5.41) is 3.54. The molecule has 0 spiro atoms. The molecular formula is C15H22FN3. The lowest BCUT2D eigenvalue weighted by Gasteiger charge is -2.33. The molecule has 2 unspecified atom stereocenters. The molecule has 2 aliphatic heterocycles. The van der Waals surface area contributed by atoms with Crippen molar-refractivity contribution in [3.05, 3.63) is 23.5 Å². The summed E-state index contributed by atoms with van der Waals surface area (Å²) in [7, 11) is 0. The molecule has 3 N–H and O–H groups in total. The summed E-state index contributed by atoms with van der Waals surface area (Å²) < 4.78 is 13.4. The number of rotatable bonds is 2. The number of aryl methyl sites for hydroxylation is 1. The maximum absolute atomic E-state index is 13.4. The number of benzene rings is 1. The Hall–Kier alpha value is -1.29. The number of hydrogen-bond donors (Lipinski definition) is 2. The second-order valence-electron chi connectivity index (χ2n) is 5.83. The Labute approximate surface area is 114 Å². The van der Waals surface area contributed by atoms with Crippen molar-refractivity contribution in [2.75, 3.05) is 24.1 Å². The minimum absolute atomic E-state index is 0.228. The number of nitrogen functional groups attached to an aromatic ring is 1. The van der Waals surface area contributed by atoms with Crippen molar-refractivity contribution in [1.82, 2.24) is 4.90 Å². The summed E-state index contributed by atoms with van der Waals surface area (Å²) in [5.74, 6) is -0.228. The number of nitrogens with one attached hydrogen (secondary N) is 1. The van der Waals surface area contributed by atoms with Gasteiger partial charge < -0.3 is 11.1 Å². The normalized spacial score (nSPS) is 27.3. The molecule has 0 saturated carbocycles. The molecule has 1 aromatic carbocycles. The molecule has 0 aliphatic carbocycles. The van der Waals surface area contributed by atoms with Crippen LogP contribution in [0.1, 0.15) is 31.2 Å². The number of nitrogens with zero attached hydrogens (tertiary/aromatic N) is 1. The SMILES string of the molecule is Cc1cc(NC2CCN3CCCCC23)c(N)cc1F. The van der Waals surface area contributed by atoms with Crippen LogP contribution in [0.25, 0.3) is 0 Å². The van der Waals surface area contributed by atoms with E-state index in [0.717, 1.165) is 12.1 Å². The minimum atomic E-state index is -0.228. The molecule has 0 amide bonds. The number of hydrogen-bond acceptors (Lipinski definition) is 3. The number of anilines is 2. The molecular weight excluding hydrogens is 241 g/mol. The van der Waals surface area contributed by atoms with Crippen LogP contribution in [0.4, 0.5) is 15.8 Å². The van der Waals surface area contributed by atoms with Gasteiger partial charge >= 0.3 is 0 Å². The Balaban J connectivity index is 1.76. The number of piperidine rings is 1. The highest BCUT2D eigenvalue weighted by Crippen LogP contribution is 2.31. The van der Waals surface area contributed by atoms with Gasteiger partial charge in [0, 0.05) is 18.6 Å². The fraction of sp³-hybridized carbons (Fsp3) is 0.600. The van der Waals surface area contributed by atoms with Crippen LogP contribution >= 0.6 is 0 Å². The van der Waals surface area contributed by atoms with E-state index in [2.05, 4.69) is 10.2 Å². The number of fused-ring (bicyclic) bond motifs is 1. The average molecular weight is 263 g/mol. The Bertz CT molecular complexity index is 475. The van der Waals surface area contributed by atoms with E-state index >= 15 is 0 Å². The van der Waals surface area contributed by atoms with Crippen molar-refractivity contribution in [1.29, 1.82) is 0 Å². The van der Waals surface area contributed by atoms with Crippen LogP contribution < -0.4 is 11.1 Å². The van der Waals surface area contributed by atoms with Gasteiger partial charge in [-0.1, -0.05) is 6.42 Å². The summed E-state index contributed by atoms with van der Waals surface area (Å²) in [6.45, 7) is 4.17. The molecule has 1 aromatic rings. The second kappa shape index (κ2) is 5.00. The van der Waals surface area contributed by atoms with E-state index in [1.165, 1.54) is 38.4 Å². The van der Waals surface area contributed by atoms with Crippen molar-refractivity contribution in [2.24, 2.45) is 0 Å². The van der Waals surface area contributed by atoms with E-state index in [1.807, 2.05) is 6.07 Å². The molecule has 0 radical (unpaired) electrons. The first-order valence-electron chi connectivity index (χ1n) is 7.21. The standard InChI is InChI=1S/C15H22FN3/c1-10-8-14(12(17)9-11(10)16)18-13-5-7-19-6-3-2-4-15(13)19/h8-9,13,15,18H,2-7,17H2,1H3. The van der Waals surface area contributed by atoms with Crippen molar-refractivity contribution >= 4 is 11.4 Å². The van der Waals surface area contributed by atoms with Crippen molar-refractivity contribution < 1.29 is 4.39 Å². The van der Waals surface area contributed by atoms with Gasteiger partial charge in [0.05, 0.1) is 11.4 Å². The highest BCUT2D eigenvalue weighted by molar-refractivity contribution is 5.67. The Morgan fingerprint density at radius 2 is 2.11 bits per heavy atom. The maximum Gasteiger partial charge on any atom is 0.128 e. The third kappa shape index (κ3) is 2.41. The molecule has 19 heavy (non-hydrogen) atoms. The van der Waals surface area contributed by atoms with Crippen LogP contribution in [0, 0.1) is 12.7 Å². The fourth-order valence-corrected chi connectivity index (χ4v) is 3.44.